The molecule has 0 aliphatic heterocycles. The number of esters is 1. The Morgan fingerprint density at radius 3 is 2.27 bits per heavy atom. The summed E-state index contributed by atoms with van der Waals surface area (Å²) in [6, 6.07) is 10.9. The molecule has 2 rings (SSSR count). The molecule has 0 fully saturated rings. The molecular formula is C17H17ClN2O5S. The van der Waals surface area contributed by atoms with Gasteiger partial charge in [-0.1, -0.05) is 23.7 Å². The molecule has 0 bridgehead atoms. The van der Waals surface area contributed by atoms with Crippen molar-refractivity contribution in [2.45, 2.75) is 6.54 Å². The lowest BCUT2D eigenvalue weighted by Gasteiger charge is -2.10. The number of ether oxygens (including phenoxy) is 1. The van der Waals surface area contributed by atoms with Crippen LogP contribution in [0, 0.1) is 0 Å². The Morgan fingerprint density at radius 2 is 1.69 bits per heavy atom. The third-order valence-electron chi connectivity index (χ3n) is 3.35. The molecule has 138 valence electrons. The van der Waals surface area contributed by atoms with Gasteiger partial charge in [-0.05, 0) is 35.9 Å². The minimum Gasteiger partial charge on any atom is -0.465 e. The second-order valence-electron chi connectivity index (χ2n) is 5.44. The van der Waals surface area contributed by atoms with E-state index in [1.54, 1.807) is 24.3 Å². The molecule has 0 aliphatic carbocycles. The van der Waals surface area contributed by atoms with Crippen LogP contribution in [-0.4, -0.2) is 33.7 Å². The first kappa shape index (κ1) is 19.7. The summed E-state index contributed by atoms with van der Waals surface area (Å²) in [5.74, 6) is -0.831. The van der Waals surface area contributed by atoms with Crippen molar-refractivity contribution in [3.8, 4) is 0 Å². The van der Waals surface area contributed by atoms with Crippen LogP contribution in [0.5, 0.6) is 0 Å². The van der Waals surface area contributed by atoms with Gasteiger partial charge in [-0.2, -0.15) is 0 Å². The molecule has 0 saturated heterocycles. The van der Waals surface area contributed by atoms with Gasteiger partial charge in [0.25, 0.3) is 5.91 Å². The van der Waals surface area contributed by atoms with Crippen molar-refractivity contribution >= 4 is 39.2 Å². The van der Waals surface area contributed by atoms with Crippen LogP contribution in [0.2, 0.25) is 5.02 Å². The van der Waals surface area contributed by atoms with Gasteiger partial charge in [0.15, 0.2) is 0 Å². The fourth-order valence-corrected chi connectivity index (χ4v) is 2.89. The molecule has 2 N–H and O–H groups in total. The van der Waals surface area contributed by atoms with E-state index in [9.17, 15) is 18.0 Å². The van der Waals surface area contributed by atoms with Gasteiger partial charge in [0.1, 0.15) is 0 Å². The summed E-state index contributed by atoms with van der Waals surface area (Å²) >= 11 is 5.94. The number of hydrogen-bond acceptors (Lipinski definition) is 5. The summed E-state index contributed by atoms with van der Waals surface area (Å²) in [5, 5.41) is 2.90. The van der Waals surface area contributed by atoms with E-state index < -0.39 is 21.9 Å². The highest BCUT2D eigenvalue weighted by atomic mass is 35.5. The number of nitrogens with one attached hydrogen (secondary N) is 2. The maximum atomic E-state index is 12.3. The maximum absolute atomic E-state index is 12.3. The molecule has 0 unspecified atom stereocenters. The van der Waals surface area contributed by atoms with Crippen molar-refractivity contribution in [3.63, 3.8) is 0 Å². The fraction of sp³-hybridized carbons (Fsp3) is 0.176. The standard InChI is InChI=1S/C17H17ClN2O5S/c1-25-17(22)12-5-3-11(4-6-12)10-19-16(21)13-7-8-14(18)15(9-13)20-26(2,23)24/h3-9,20H,10H2,1-2H3,(H,19,21). The molecule has 0 saturated carbocycles. The molecule has 0 heterocycles. The average Bonchev–Trinajstić information content (AvgIpc) is 2.60. The first-order valence-corrected chi connectivity index (χ1v) is 9.69. The first-order chi connectivity index (χ1) is 12.2. The lowest BCUT2D eigenvalue weighted by molar-refractivity contribution is 0.0600. The summed E-state index contributed by atoms with van der Waals surface area (Å²) in [4.78, 5) is 23.6. The van der Waals surface area contributed by atoms with Gasteiger partial charge < -0.3 is 10.1 Å². The number of benzene rings is 2. The zero-order valence-corrected chi connectivity index (χ0v) is 15.6. The van der Waals surface area contributed by atoms with Gasteiger partial charge in [0, 0.05) is 12.1 Å². The van der Waals surface area contributed by atoms with Gasteiger partial charge in [0.2, 0.25) is 10.0 Å². The zero-order chi connectivity index (χ0) is 19.3. The van der Waals surface area contributed by atoms with E-state index in [-0.39, 0.29) is 22.8 Å². The van der Waals surface area contributed by atoms with Crippen LogP contribution in [0.15, 0.2) is 42.5 Å². The SMILES string of the molecule is COC(=O)c1ccc(CNC(=O)c2ccc(Cl)c(NS(C)(=O)=O)c2)cc1. The van der Waals surface area contributed by atoms with Crippen molar-refractivity contribution in [3.05, 3.63) is 64.2 Å². The Morgan fingerprint density at radius 1 is 1.08 bits per heavy atom. The summed E-state index contributed by atoms with van der Waals surface area (Å²) < 4.78 is 29.6. The van der Waals surface area contributed by atoms with Gasteiger partial charge in [-0.15, -0.1) is 0 Å². The molecule has 9 heteroatoms. The molecule has 2 aromatic carbocycles. The number of carbonyl (C=O) groups excluding carboxylic acids is 2. The van der Waals surface area contributed by atoms with Crippen LogP contribution >= 0.6 is 11.6 Å². The van der Waals surface area contributed by atoms with E-state index in [4.69, 9.17) is 11.6 Å². The minimum absolute atomic E-state index is 0.129. The van der Waals surface area contributed by atoms with Crippen molar-refractivity contribution < 1.29 is 22.7 Å². The van der Waals surface area contributed by atoms with E-state index in [1.165, 1.54) is 25.3 Å². The summed E-state index contributed by atoms with van der Waals surface area (Å²) in [6.07, 6.45) is 0.994. The van der Waals surface area contributed by atoms with Crippen LogP contribution in [0.1, 0.15) is 26.3 Å². The number of carbonyl (C=O) groups is 2. The van der Waals surface area contributed by atoms with Gasteiger partial charge in [-0.25, -0.2) is 13.2 Å². The maximum Gasteiger partial charge on any atom is 0.337 e. The summed E-state index contributed by atoms with van der Waals surface area (Å²) in [7, 11) is -2.21. The Hall–Kier alpha value is -2.58. The van der Waals surface area contributed by atoms with Crippen LogP contribution in [-0.2, 0) is 21.3 Å². The second kappa shape index (κ2) is 8.20. The Balaban J connectivity index is 2.06. The van der Waals surface area contributed by atoms with Gasteiger partial charge in [0.05, 0.1) is 29.6 Å². The quantitative estimate of drug-likeness (QED) is 0.730. The molecule has 2 aromatic rings. The van der Waals surface area contributed by atoms with Crippen LogP contribution < -0.4 is 10.0 Å². The highest BCUT2D eigenvalue weighted by molar-refractivity contribution is 7.92. The molecule has 0 aromatic heterocycles. The monoisotopic (exact) mass is 396 g/mol. The predicted octanol–water partition coefficient (Wildman–Crippen LogP) is 2.43. The molecule has 0 radical (unpaired) electrons. The van der Waals surface area contributed by atoms with Crippen molar-refractivity contribution in [1.29, 1.82) is 0 Å². The number of hydrogen-bond donors (Lipinski definition) is 2. The second-order valence-corrected chi connectivity index (χ2v) is 7.60. The summed E-state index contributed by atoms with van der Waals surface area (Å²) in [5.41, 5.74) is 1.59. The predicted molar refractivity (Wildman–Crippen MR) is 98.9 cm³/mol. The van der Waals surface area contributed by atoms with E-state index in [2.05, 4.69) is 14.8 Å². The fourth-order valence-electron chi connectivity index (χ4n) is 2.11. The van der Waals surface area contributed by atoms with Gasteiger partial charge in [-0.3, -0.25) is 9.52 Å². The lowest BCUT2D eigenvalue weighted by Crippen LogP contribution is -2.23. The molecule has 1 amide bonds. The highest BCUT2D eigenvalue weighted by Crippen LogP contribution is 2.24. The van der Waals surface area contributed by atoms with Crippen molar-refractivity contribution in [2.75, 3.05) is 18.1 Å². The Bertz CT molecular complexity index is 927. The van der Waals surface area contributed by atoms with Crippen molar-refractivity contribution in [2.24, 2.45) is 0 Å². The third-order valence-corrected chi connectivity index (χ3v) is 4.27. The van der Waals surface area contributed by atoms with E-state index >= 15 is 0 Å². The summed E-state index contributed by atoms with van der Waals surface area (Å²) in [6.45, 7) is 0.234. The van der Waals surface area contributed by atoms with Gasteiger partial charge >= 0.3 is 5.97 Å². The van der Waals surface area contributed by atoms with Crippen molar-refractivity contribution in [1.82, 2.24) is 5.32 Å². The smallest absolute Gasteiger partial charge is 0.337 e. The molecule has 7 nitrogen and oxygen atoms in total. The number of rotatable bonds is 6. The number of anilines is 1. The Labute approximate surface area is 156 Å². The van der Waals surface area contributed by atoms with Crippen LogP contribution in [0.25, 0.3) is 0 Å². The average molecular weight is 397 g/mol. The van der Waals surface area contributed by atoms with E-state index in [1.807, 2.05) is 0 Å². The molecule has 0 aliphatic rings. The van der Waals surface area contributed by atoms with E-state index in [0.717, 1.165) is 11.8 Å². The Kier molecular flexibility index (Phi) is 6.23. The van der Waals surface area contributed by atoms with Crippen LogP contribution in [0.4, 0.5) is 5.69 Å². The highest BCUT2D eigenvalue weighted by Gasteiger charge is 2.12. The van der Waals surface area contributed by atoms with E-state index in [0.29, 0.717) is 5.56 Å². The molecule has 0 spiro atoms. The first-order valence-electron chi connectivity index (χ1n) is 7.42. The normalized spacial score (nSPS) is 10.9. The molecular weight excluding hydrogens is 380 g/mol. The largest absolute Gasteiger partial charge is 0.465 e. The third kappa shape index (κ3) is 5.47. The van der Waals surface area contributed by atoms with Crippen LogP contribution in [0.3, 0.4) is 0 Å². The molecule has 0 atom stereocenters. The number of halogens is 1. The lowest BCUT2D eigenvalue weighted by atomic mass is 10.1. The topological polar surface area (TPSA) is 102 Å². The zero-order valence-electron chi connectivity index (χ0n) is 14.1. The molecule has 26 heavy (non-hydrogen) atoms. The number of amides is 1. The minimum atomic E-state index is -3.51. The number of sulfonamides is 1. The number of methoxy groups -OCH3 is 1.